The predicted molar refractivity (Wildman–Crippen MR) is 77.1 cm³/mol. The van der Waals surface area contributed by atoms with Crippen LogP contribution in [0.5, 0.6) is 0 Å². The van der Waals surface area contributed by atoms with E-state index < -0.39 is 5.60 Å². The molecule has 0 unspecified atom stereocenters. The molecule has 0 bridgehead atoms. The maximum atomic E-state index is 9.87. The molecule has 0 fully saturated rings. The Hall–Kier alpha value is -1.17. The first kappa shape index (κ1) is 14.2. The number of hydrogen-bond donors (Lipinski definition) is 1. The molecule has 0 saturated carbocycles. The minimum Gasteiger partial charge on any atom is -0.389 e. The molecule has 0 aliphatic heterocycles. The number of nitrogens with zero attached hydrogens (tertiary/aromatic N) is 2. The Labute approximate surface area is 117 Å². The van der Waals surface area contributed by atoms with Gasteiger partial charge in [0.05, 0.1) is 16.2 Å². The fourth-order valence-corrected chi connectivity index (χ4v) is 2.65. The first-order chi connectivity index (χ1) is 8.98. The van der Waals surface area contributed by atoms with Crippen LogP contribution in [-0.4, -0.2) is 33.9 Å². The van der Waals surface area contributed by atoms with E-state index in [2.05, 4.69) is 17.0 Å². The van der Waals surface area contributed by atoms with Crippen molar-refractivity contribution in [3.05, 3.63) is 29.3 Å². The van der Waals surface area contributed by atoms with Crippen molar-refractivity contribution in [2.24, 2.45) is 0 Å². The number of thiophene rings is 1. The van der Waals surface area contributed by atoms with Crippen LogP contribution in [-0.2, 0) is 6.54 Å². The van der Waals surface area contributed by atoms with Gasteiger partial charge in [0.2, 0.25) is 0 Å². The molecule has 0 amide bonds. The molecular formula is C14H20N2O2S. The third-order valence-corrected chi connectivity index (χ3v) is 3.65. The zero-order valence-electron chi connectivity index (χ0n) is 11.6. The summed E-state index contributed by atoms with van der Waals surface area (Å²) in [7, 11) is 0. The SMILES string of the molecule is CCN(Cc1cc(-c2cccs2)on1)CC(C)(C)O. The molecule has 0 aliphatic rings. The van der Waals surface area contributed by atoms with Crippen LogP contribution in [0.2, 0.25) is 0 Å². The van der Waals surface area contributed by atoms with Crippen molar-refractivity contribution in [3.8, 4) is 10.6 Å². The summed E-state index contributed by atoms with van der Waals surface area (Å²) in [6.45, 7) is 7.88. The van der Waals surface area contributed by atoms with Gasteiger partial charge in [-0.1, -0.05) is 18.1 Å². The molecule has 0 atom stereocenters. The van der Waals surface area contributed by atoms with Crippen molar-refractivity contribution >= 4 is 11.3 Å². The van der Waals surface area contributed by atoms with E-state index in [1.807, 2.05) is 37.4 Å². The van der Waals surface area contributed by atoms with E-state index in [1.54, 1.807) is 11.3 Å². The number of hydrogen-bond acceptors (Lipinski definition) is 5. The second-order valence-corrected chi connectivity index (χ2v) is 6.22. The van der Waals surface area contributed by atoms with Gasteiger partial charge in [-0.25, -0.2) is 0 Å². The van der Waals surface area contributed by atoms with Gasteiger partial charge in [-0.05, 0) is 31.8 Å². The summed E-state index contributed by atoms with van der Waals surface area (Å²) in [6, 6.07) is 5.98. The van der Waals surface area contributed by atoms with Crippen molar-refractivity contribution in [1.29, 1.82) is 0 Å². The van der Waals surface area contributed by atoms with Crippen LogP contribution in [0, 0.1) is 0 Å². The summed E-state index contributed by atoms with van der Waals surface area (Å²) in [5.74, 6) is 0.810. The monoisotopic (exact) mass is 280 g/mol. The lowest BCUT2D eigenvalue weighted by Crippen LogP contribution is -2.38. The lowest BCUT2D eigenvalue weighted by Gasteiger charge is -2.27. The van der Waals surface area contributed by atoms with Gasteiger partial charge in [0.25, 0.3) is 0 Å². The fraction of sp³-hybridized carbons (Fsp3) is 0.500. The van der Waals surface area contributed by atoms with Gasteiger partial charge in [-0.15, -0.1) is 11.3 Å². The minimum atomic E-state index is -0.698. The fourth-order valence-electron chi connectivity index (χ4n) is 1.98. The number of rotatable bonds is 6. The Kier molecular flexibility index (Phi) is 4.39. The van der Waals surface area contributed by atoms with E-state index in [-0.39, 0.29) is 0 Å². The van der Waals surface area contributed by atoms with Gasteiger partial charge < -0.3 is 9.63 Å². The summed E-state index contributed by atoms with van der Waals surface area (Å²) in [5, 5.41) is 16.0. The Bertz CT molecular complexity index is 500. The van der Waals surface area contributed by atoms with E-state index in [4.69, 9.17) is 4.52 Å². The third-order valence-electron chi connectivity index (χ3n) is 2.77. The number of aromatic nitrogens is 1. The highest BCUT2D eigenvalue weighted by Crippen LogP contribution is 2.25. The number of likely N-dealkylation sites (N-methyl/N-ethyl adjacent to an activating group) is 1. The van der Waals surface area contributed by atoms with Gasteiger partial charge in [0, 0.05) is 19.2 Å². The molecule has 2 rings (SSSR count). The molecule has 1 N–H and O–H groups in total. The molecular weight excluding hydrogens is 260 g/mol. The number of aliphatic hydroxyl groups is 1. The molecule has 0 aliphatic carbocycles. The third kappa shape index (κ3) is 4.16. The van der Waals surface area contributed by atoms with E-state index in [0.29, 0.717) is 13.1 Å². The maximum absolute atomic E-state index is 9.87. The zero-order valence-corrected chi connectivity index (χ0v) is 12.4. The summed E-state index contributed by atoms with van der Waals surface area (Å²) >= 11 is 1.64. The molecule has 2 aromatic heterocycles. The van der Waals surface area contributed by atoms with E-state index in [1.165, 1.54) is 0 Å². The van der Waals surface area contributed by atoms with Gasteiger partial charge in [-0.2, -0.15) is 0 Å². The molecule has 0 aromatic carbocycles. The lowest BCUT2D eigenvalue weighted by atomic mass is 10.1. The van der Waals surface area contributed by atoms with Crippen LogP contribution in [0.15, 0.2) is 28.1 Å². The van der Waals surface area contributed by atoms with Gasteiger partial charge in [-0.3, -0.25) is 4.90 Å². The average Bonchev–Trinajstić information content (AvgIpc) is 2.95. The molecule has 2 aromatic rings. The quantitative estimate of drug-likeness (QED) is 0.883. The molecule has 0 radical (unpaired) electrons. The highest BCUT2D eigenvalue weighted by Gasteiger charge is 2.18. The molecule has 4 nitrogen and oxygen atoms in total. The molecule has 0 saturated heterocycles. The van der Waals surface area contributed by atoms with Crippen LogP contribution in [0.3, 0.4) is 0 Å². The standard InChI is InChI=1S/C14H20N2O2S/c1-4-16(10-14(2,3)17)9-11-8-12(18-15-11)13-6-5-7-19-13/h5-8,17H,4,9-10H2,1-3H3. The first-order valence-corrected chi connectivity index (χ1v) is 7.30. The Morgan fingerprint density at radius 3 is 2.84 bits per heavy atom. The van der Waals surface area contributed by atoms with E-state index >= 15 is 0 Å². The topological polar surface area (TPSA) is 49.5 Å². The van der Waals surface area contributed by atoms with Gasteiger partial charge in [0.1, 0.15) is 0 Å². The van der Waals surface area contributed by atoms with Gasteiger partial charge in [0.15, 0.2) is 5.76 Å². The van der Waals surface area contributed by atoms with E-state index in [0.717, 1.165) is 22.9 Å². The minimum absolute atomic E-state index is 0.616. The van der Waals surface area contributed by atoms with Crippen LogP contribution in [0.4, 0.5) is 0 Å². The van der Waals surface area contributed by atoms with Crippen molar-refractivity contribution < 1.29 is 9.63 Å². The second-order valence-electron chi connectivity index (χ2n) is 5.28. The maximum Gasteiger partial charge on any atom is 0.177 e. The van der Waals surface area contributed by atoms with E-state index in [9.17, 15) is 5.11 Å². The second kappa shape index (κ2) is 5.86. The Morgan fingerprint density at radius 2 is 2.26 bits per heavy atom. The van der Waals surface area contributed by atoms with Crippen molar-refractivity contribution in [2.75, 3.05) is 13.1 Å². The van der Waals surface area contributed by atoms with Crippen LogP contribution < -0.4 is 0 Å². The summed E-state index contributed by atoms with van der Waals surface area (Å²) < 4.78 is 5.36. The van der Waals surface area contributed by atoms with Crippen molar-refractivity contribution in [2.45, 2.75) is 32.9 Å². The summed E-state index contributed by atoms with van der Waals surface area (Å²) in [6.07, 6.45) is 0. The van der Waals surface area contributed by atoms with Crippen molar-refractivity contribution in [3.63, 3.8) is 0 Å². The first-order valence-electron chi connectivity index (χ1n) is 6.42. The average molecular weight is 280 g/mol. The highest BCUT2D eigenvalue weighted by atomic mass is 32.1. The summed E-state index contributed by atoms with van der Waals surface area (Å²) in [4.78, 5) is 3.24. The summed E-state index contributed by atoms with van der Waals surface area (Å²) in [5.41, 5.74) is 0.200. The normalized spacial score (nSPS) is 12.3. The predicted octanol–water partition coefficient (Wildman–Crippen LogP) is 3.00. The molecule has 0 spiro atoms. The smallest absolute Gasteiger partial charge is 0.177 e. The van der Waals surface area contributed by atoms with Crippen LogP contribution in [0.1, 0.15) is 26.5 Å². The lowest BCUT2D eigenvalue weighted by molar-refractivity contribution is 0.0347. The van der Waals surface area contributed by atoms with Gasteiger partial charge >= 0.3 is 0 Å². The Balaban J connectivity index is 2.03. The molecule has 104 valence electrons. The molecule has 5 heteroatoms. The van der Waals surface area contributed by atoms with Crippen molar-refractivity contribution in [1.82, 2.24) is 10.1 Å². The van der Waals surface area contributed by atoms with Crippen LogP contribution in [0.25, 0.3) is 10.6 Å². The van der Waals surface area contributed by atoms with Crippen LogP contribution >= 0.6 is 11.3 Å². The molecule has 2 heterocycles. The zero-order chi connectivity index (χ0) is 13.9. The largest absolute Gasteiger partial charge is 0.389 e. The highest BCUT2D eigenvalue weighted by molar-refractivity contribution is 7.13. The molecule has 19 heavy (non-hydrogen) atoms. The Morgan fingerprint density at radius 1 is 1.47 bits per heavy atom.